The molecule has 3 atom stereocenters. The number of sulfonamides is 1. The van der Waals surface area contributed by atoms with E-state index in [-0.39, 0.29) is 23.5 Å². The largest absolute Gasteiger partial charge is 0.516 e. The molecule has 2 heterocycles. The molecule has 0 saturated carbocycles. The van der Waals surface area contributed by atoms with Gasteiger partial charge in [-0.1, -0.05) is 24.3 Å². The number of anilines is 1. The van der Waals surface area contributed by atoms with E-state index in [4.69, 9.17) is 0 Å². The SMILES string of the molecule is CC(CCc1ccc(NS(=O)(=O)C(F)(F)F)cc1)NC1CCn2c(=O)[nH]c3cccc(c32)C1O. The second-order valence-corrected chi connectivity index (χ2v) is 10.2. The Morgan fingerprint density at radius 3 is 2.59 bits per heavy atom. The first-order chi connectivity index (χ1) is 16.0. The van der Waals surface area contributed by atoms with Crippen molar-refractivity contribution in [1.29, 1.82) is 0 Å². The Bertz CT molecular complexity index is 1330. The van der Waals surface area contributed by atoms with Crippen molar-refractivity contribution in [1.82, 2.24) is 14.9 Å². The van der Waals surface area contributed by atoms with Gasteiger partial charge >= 0.3 is 21.2 Å². The van der Waals surface area contributed by atoms with Crippen LogP contribution in [-0.2, 0) is 23.0 Å². The van der Waals surface area contributed by atoms with E-state index >= 15 is 0 Å². The Kier molecular flexibility index (Phi) is 6.49. The lowest BCUT2D eigenvalue weighted by Crippen LogP contribution is -2.41. The number of imidazole rings is 1. The molecule has 1 aromatic heterocycles. The smallest absolute Gasteiger partial charge is 0.387 e. The Labute approximate surface area is 193 Å². The number of para-hydroxylation sites is 1. The molecule has 0 amide bonds. The molecule has 1 aliphatic heterocycles. The fraction of sp³-hybridized carbons (Fsp3) is 0.409. The van der Waals surface area contributed by atoms with Crippen LogP contribution in [-0.4, -0.2) is 40.7 Å². The van der Waals surface area contributed by atoms with Crippen LogP contribution in [0.1, 0.15) is 37.0 Å². The number of aryl methyl sites for hydroxylation is 2. The summed E-state index contributed by atoms with van der Waals surface area (Å²) in [5, 5.41) is 14.4. The first-order valence-corrected chi connectivity index (χ1v) is 12.3. The van der Waals surface area contributed by atoms with Gasteiger partial charge in [0.05, 0.1) is 17.1 Å². The third-order valence-corrected chi connectivity index (χ3v) is 7.18. The Balaban J connectivity index is 1.36. The summed E-state index contributed by atoms with van der Waals surface area (Å²) >= 11 is 0. The fourth-order valence-electron chi connectivity index (χ4n) is 4.30. The van der Waals surface area contributed by atoms with Gasteiger partial charge in [-0.3, -0.25) is 9.29 Å². The number of aliphatic hydroxyl groups is 1. The first kappa shape index (κ1) is 24.3. The molecular formula is C22H25F3N4O4S. The van der Waals surface area contributed by atoms with Crippen molar-refractivity contribution in [2.75, 3.05) is 4.72 Å². The minimum atomic E-state index is -5.45. The maximum Gasteiger partial charge on any atom is 0.516 e. The van der Waals surface area contributed by atoms with E-state index in [0.29, 0.717) is 36.9 Å². The number of hydrogen-bond acceptors (Lipinski definition) is 5. The molecular weight excluding hydrogens is 473 g/mol. The molecule has 0 bridgehead atoms. The zero-order valence-electron chi connectivity index (χ0n) is 18.3. The maximum absolute atomic E-state index is 12.5. The molecule has 34 heavy (non-hydrogen) atoms. The topological polar surface area (TPSA) is 116 Å². The van der Waals surface area contributed by atoms with Crippen LogP contribution in [0.15, 0.2) is 47.3 Å². The number of benzene rings is 2. The van der Waals surface area contributed by atoms with Gasteiger partial charge in [-0.25, -0.2) is 4.79 Å². The van der Waals surface area contributed by atoms with Crippen molar-refractivity contribution in [2.45, 2.75) is 56.4 Å². The number of aliphatic hydroxyl groups excluding tert-OH is 1. The van der Waals surface area contributed by atoms with Crippen LogP contribution in [0.3, 0.4) is 0 Å². The van der Waals surface area contributed by atoms with Crippen LogP contribution in [0.2, 0.25) is 0 Å². The molecule has 1 aliphatic rings. The second-order valence-electron chi connectivity index (χ2n) is 8.52. The predicted molar refractivity (Wildman–Crippen MR) is 122 cm³/mol. The number of alkyl halides is 3. The average molecular weight is 499 g/mol. The fourth-order valence-corrected chi connectivity index (χ4v) is 4.86. The van der Waals surface area contributed by atoms with Gasteiger partial charge in [0.1, 0.15) is 0 Å². The molecule has 3 unspecified atom stereocenters. The summed E-state index contributed by atoms with van der Waals surface area (Å²) in [7, 11) is -5.45. The molecule has 0 aliphatic carbocycles. The van der Waals surface area contributed by atoms with Crippen LogP contribution >= 0.6 is 0 Å². The molecule has 0 saturated heterocycles. The van der Waals surface area contributed by atoms with Gasteiger partial charge < -0.3 is 15.4 Å². The molecule has 0 radical (unpaired) electrons. The Morgan fingerprint density at radius 2 is 1.91 bits per heavy atom. The van der Waals surface area contributed by atoms with Gasteiger partial charge in [0.2, 0.25) is 0 Å². The summed E-state index contributed by atoms with van der Waals surface area (Å²) in [6.07, 6.45) is 1.03. The van der Waals surface area contributed by atoms with Crippen molar-refractivity contribution in [2.24, 2.45) is 0 Å². The number of aromatic amines is 1. The third kappa shape index (κ3) is 4.84. The van der Waals surface area contributed by atoms with Gasteiger partial charge in [-0.15, -0.1) is 0 Å². The number of nitrogens with zero attached hydrogens (tertiary/aromatic N) is 1. The minimum absolute atomic E-state index is 0.00184. The summed E-state index contributed by atoms with van der Waals surface area (Å²) in [6.45, 7) is 2.43. The standard InChI is InChI=1S/C22H25F3N4O4S/c1-13(5-6-14-7-9-15(10-8-14)28-34(32,33)22(23,24)25)26-18-11-12-29-19-16(20(18)30)3-2-4-17(19)27-21(29)31/h2-4,7-10,13,18,20,26,28,30H,5-6,11-12H2,1H3,(H,27,31). The number of hydrogen-bond donors (Lipinski definition) is 4. The van der Waals surface area contributed by atoms with Gasteiger partial charge in [0.15, 0.2) is 0 Å². The Morgan fingerprint density at radius 1 is 1.21 bits per heavy atom. The van der Waals surface area contributed by atoms with Gasteiger partial charge in [-0.05, 0) is 49.9 Å². The monoisotopic (exact) mass is 498 g/mol. The normalized spacial score (nSPS) is 19.7. The van der Waals surface area contributed by atoms with Crippen molar-refractivity contribution in [3.05, 3.63) is 64.1 Å². The van der Waals surface area contributed by atoms with Crippen LogP contribution in [0.4, 0.5) is 18.9 Å². The average Bonchev–Trinajstić information content (AvgIpc) is 3.01. The van der Waals surface area contributed by atoms with E-state index in [1.807, 2.05) is 13.0 Å². The van der Waals surface area contributed by atoms with E-state index in [1.54, 1.807) is 28.8 Å². The van der Waals surface area contributed by atoms with E-state index < -0.39 is 21.6 Å². The van der Waals surface area contributed by atoms with Crippen LogP contribution < -0.4 is 15.7 Å². The molecule has 4 N–H and O–H groups in total. The number of halogens is 3. The highest BCUT2D eigenvalue weighted by atomic mass is 32.2. The van der Waals surface area contributed by atoms with Gasteiger partial charge in [0, 0.05) is 29.9 Å². The summed E-state index contributed by atoms with van der Waals surface area (Å²) < 4.78 is 63.1. The van der Waals surface area contributed by atoms with Gasteiger partial charge in [0.25, 0.3) is 0 Å². The molecule has 0 spiro atoms. The summed E-state index contributed by atoms with van der Waals surface area (Å²) in [4.78, 5) is 15.1. The van der Waals surface area contributed by atoms with Crippen LogP contribution in [0.25, 0.3) is 11.0 Å². The lowest BCUT2D eigenvalue weighted by Gasteiger charge is -2.26. The zero-order valence-corrected chi connectivity index (χ0v) is 19.1. The zero-order chi connectivity index (χ0) is 24.7. The number of nitrogens with one attached hydrogen (secondary N) is 3. The third-order valence-electron chi connectivity index (χ3n) is 6.06. The van der Waals surface area contributed by atoms with E-state index in [9.17, 15) is 31.5 Å². The van der Waals surface area contributed by atoms with Crippen LogP contribution in [0.5, 0.6) is 0 Å². The summed E-state index contributed by atoms with van der Waals surface area (Å²) in [5.41, 5.74) is -2.82. The molecule has 8 nitrogen and oxygen atoms in total. The van der Waals surface area contributed by atoms with E-state index in [2.05, 4.69) is 10.3 Å². The lowest BCUT2D eigenvalue weighted by atomic mass is 9.98. The highest BCUT2D eigenvalue weighted by Gasteiger charge is 2.46. The molecule has 3 aromatic rings. The van der Waals surface area contributed by atoms with Crippen molar-refractivity contribution in [3.8, 4) is 0 Å². The van der Waals surface area contributed by atoms with Crippen LogP contribution in [0, 0.1) is 0 Å². The van der Waals surface area contributed by atoms with E-state index in [0.717, 1.165) is 11.1 Å². The summed E-state index contributed by atoms with van der Waals surface area (Å²) in [5.74, 6) is 0. The highest BCUT2D eigenvalue weighted by molar-refractivity contribution is 7.93. The Hall–Kier alpha value is -2.83. The lowest BCUT2D eigenvalue weighted by molar-refractivity contribution is -0.0429. The van der Waals surface area contributed by atoms with Crippen molar-refractivity contribution >= 4 is 26.7 Å². The first-order valence-electron chi connectivity index (χ1n) is 10.8. The number of rotatable bonds is 7. The molecule has 12 heteroatoms. The second kappa shape index (κ2) is 9.08. The predicted octanol–water partition coefficient (Wildman–Crippen LogP) is 3.01. The molecule has 2 aromatic carbocycles. The van der Waals surface area contributed by atoms with E-state index in [1.165, 1.54) is 16.9 Å². The molecule has 4 rings (SSSR count). The number of aromatic nitrogens is 2. The summed E-state index contributed by atoms with van der Waals surface area (Å²) in [6, 6.07) is 10.9. The highest BCUT2D eigenvalue weighted by Crippen LogP contribution is 2.30. The van der Waals surface area contributed by atoms with Crippen molar-refractivity contribution < 1.29 is 26.7 Å². The maximum atomic E-state index is 12.5. The number of H-pyrrole nitrogens is 1. The molecule has 184 valence electrons. The van der Waals surface area contributed by atoms with Gasteiger partial charge in [-0.2, -0.15) is 21.6 Å². The molecule has 0 fully saturated rings. The van der Waals surface area contributed by atoms with Crippen molar-refractivity contribution in [3.63, 3.8) is 0 Å². The quantitative estimate of drug-likeness (QED) is 0.400. The minimum Gasteiger partial charge on any atom is -0.387 e.